The van der Waals surface area contributed by atoms with Gasteiger partial charge < -0.3 is 13.9 Å². The summed E-state index contributed by atoms with van der Waals surface area (Å²) in [6.07, 6.45) is 8.57. The average Bonchev–Trinajstić information content (AvgIpc) is 3.49. The molecule has 3 aliphatic rings. The molecule has 0 amide bonds. The lowest BCUT2D eigenvalue weighted by Crippen LogP contribution is -2.54. The van der Waals surface area contributed by atoms with Crippen molar-refractivity contribution in [2.75, 3.05) is 13.7 Å². The molecule has 6 rings (SSSR count). The standard InChI is InChI=1S/C30H32FN3O3/c1-29(2)34(18-20-7-5-4-6-8-20)30(19-36-29)14-13-21-9-10-22(15-24(21)17-30)27-32-33-28(37-27)23-11-12-26(35-3)25(31)16-23/h4-8,10-12,15-16,21H,9,13-14,17-19H2,1-3H3/t21?,30-/m0/s1. The number of benzene rings is 2. The van der Waals surface area contributed by atoms with Gasteiger partial charge in [0.05, 0.1) is 19.3 Å². The molecule has 0 radical (unpaired) electrons. The largest absolute Gasteiger partial charge is 0.494 e. The number of hydrogen-bond acceptors (Lipinski definition) is 6. The first-order valence-electron chi connectivity index (χ1n) is 12.9. The van der Waals surface area contributed by atoms with E-state index in [1.165, 1.54) is 24.3 Å². The third-order valence-electron chi connectivity index (χ3n) is 8.15. The van der Waals surface area contributed by atoms with Crippen molar-refractivity contribution in [3.05, 3.63) is 83.5 Å². The molecule has 1 unspecified atom stereocenters. The Morgan fingerprint density at radius 3 is 2.70 bits per heavy atom. The highest BCUT2D eigenvalue weighted by atomic mass is 19.1. The highest BCUT2D eigenvalue weighted by Gasteiger charge is 2.53. The number of rotatable bonds is 5. The summed E-state index contributed by atoms with van der Waals surface area (Å²) >= 11 is 0. The number of aromatic nitrogens is 2. The van der Waals surface area contributed by atoms with Gasteiger partial charge in [-0.3, -0.25) is 4.90 Å². The van der Waals surface area contributed by atoms with Gasteiger partial charge in [-0.25, -0.2) is 4.39 Å². The molecule has 1 aliphatic heterocycles. The SMILES string of the molecule is COc1ccc(-c2nnc(C3=CCC4CC[C@@]5(COC(C)(C)N5Cc5ccccc5)CC4=C3)o2)cc1F. The van der Waals surface area contributed by atoms with E-state index in [4.69, 9.17) is 13.9 Å². The van der Waals surface area contributed by atoms with Crippen molar-refractivity contribution in [1.82, 2.24) is 15.1 Å². The number of allylic oxidation sites excluding steroid dienone is 3. The van der Waals surface area contributed by atoms with Crippen LogP contribution in [0.25, 0.3) is 17.0 Å². The monoisotopic (exact) mass is 501 g/mol. The molecule has 3 aromatic rings. The smallest absolute Gasteiger partial charge is 0.248 e. The summed E-state index contributed by atoms with van der Waals surface area (Å²) in [5, 5.41) is 8.48. The molecule has 1 saturated heterocycles. The van der Waals surface area contributed by atoms with Gasteiger partial charge in [-0.15, -0.1) is 10.2 Å². The normalized spacial score (nSPS) is 25.0. The number of ether oxygens (including phenoxy) is 2. The van der Waals surface area contributed by atoms with Crippen LogP contribution in [0.3, 0.4) is 0 Å². The number of halogens is 1. The van der Waals surface area contributed by atoms with Gasteiger partial charge in [0, 0.05) is 17.7 Å². The Morgan fingerprint density at radius 2 is 1.92 bits per heavy atom. The molecule has 2 fully saturated rings. The van der Waals surface area contributed by atoms with E-state index in [0.717, 1.165) is 44.4 Å². The Hall–Kier alpha value is -3.29. The molecule has 0 N–H and O–H groups in total. The third-order valence-corrected chi connectivity index (χ3v) is 8.15. The maximum absolute atomic E-state index is 14.2. The van der Waals surface area contributed by atoms with Crippen molar-refractivity contribution < 1.29 is 18.3 Å². The van der Waals surface area contributed by atoms with E-state index in [0.29, 0.717) is 17.4 Å². The zero-order valence-electron chi connectivity index (χ0n) is 21.5. The molecule has 0 bridgehead atoms. The Labute approximate surface area is 216 Å². The minimum Gasteiger partial charge on any atom is -0.494 e. The van der Waals surface area contributed by atoms with Gasteiger partial charge in [-0.1, -0.05) is 48.1 Å². The lowest BCUT2D eigenvalue weighted by atomic mass is 9.69. The van der Waals surface area contributed by atoms with E-state index in [2.05, 4.69) is 71.4 Å². The molecular formula is C30H32FN3O3. The second-order valence-corrected chi connectivity index (χ2v) is 10.8. The lowest BCUT2D eigenvalue weighted by Gasteiger charge is -2.47. The van der Waals surface area contributed by atoms with Crippen LogP contribution in [-0.2, 0) is 11.3 Å². The summed E-state index contributed by atoms with van der Waals surface area (Å²) in [5.41, 5.74) is 3.81. The van der Waals surface area contributed by atoms with E-state index in [1.54, 1.807) is 12.1 Å². The summed E-state index contributed by atoms with van der Waals surface area (Å²) in [5.74, 6) is 0.991. The minimum atomic E-state index is -0.462. The molecule has 37 heavy (non-hydrogen) atoms. The first kappa shape index (κ1) is 24.1. The molecular weight excluding hydrogens is 469 g/mol. The minimum absolute atomic E-state index is 0.0370. The van der Waals surface area contributed by atoms with Gasteiger partial charge in [-0.2, -0.15) is 0 Å². The molecule has 7 heteroatoms. The van der Waals surface area contributed by atoms with Crippen molar-refractivity contribution in [2.24, 2.45) is 5.92 Å². The topological polar surface area (TPSA) is 60.6 Å². The Morgan fingerprint density at radius 1 is 1.11 bits per heavy atom. The maximum atomic E-state index is 14.2. The van der Waals surface area contributed by atoms with E-state index >= 15 is 0 Å². The Kier molecular flexibility index (Phi) is 6.00. The molecule has 6 nitrogen and oxygen atoms in total. The molecule has 2 heterocycles. The van der Waals surface area contributed by atoms with Crippen molar-refractivity contribution in [3.8, 4) is 17.2 Å². The number of fused-ring (bicyclic) bond motifs is 1. The molecule has 1 aromatic heterocycles. The summed E-state index contributed by atoms with van der Waals surface area (Å²) in [6, 6.07) is 15.3. The predicted molar refractivity (Wildman–Crippen MR) is 139 cm³/mol. The van der Waals surface area contributed by atoms with Crippen molar-refractivity contribution >= 4 is 5.57 Å². The number of methoxy groups -OCH3 is 1. The fraction of sp³-hybridized carbons (Fsp3) is 0.400. The van der Waals surface area contributed by atoms with Crippen LogP contribution in [0.4, 0.5) is 4.39 Å². The van der Waals surface area contributed by atoms with Gasteiger partial charge in [0.25, 0.3) is 0 Å². The van der Waals surface area contributed by atoms with Crippen LogP contribution in [-0.4, -0.2) is 40.1 Å². The summed E-state index contributed by atoms with van der Waals surface area (Å²) < 4.78 is 31.6. The van der Waals surface area contributed by atoms with Gasteiger partial charge in [-0.05, 0) is 69.2 Å². The Balaban J connectivity index is 1.25. The molecule has 1 spiro atoms. The van der Waals surface area contributed by atoms with Crippen LogP contribution in [0.2, 0.25) is 0 Å². The highest BCUT2D eigenvalue weighted by molar-refractivity contribution is 5.71. The van der Waals surface area contributed by atoms with Crippen molar-refractivity contribution in [1.29, 1.82) is 0 Å². The first-order valence-corrected chi connectivity index (χ1v) is 12.9. The second-order valence-electron chi connectivity index (χ2n) is 10.8. The fourth-order valence-electron chi connectivity index (χ4n) is 6.13. The summed E-state index contributed by atoms with van der Waals surface area (Å²) in [7, 11) is 1.44. The first-order chi connectivity index (χ1) is 17.9. The quantitative estimate of drug-likeness (QED) is 0.403. The highest BCUT2D eigenvalue weighted by Crippen LogP contribution is 2.50. The van der Waals surface area contributed by atoms with E-state index < -0.39 is 5.82 Å². The van der Waals surface area contributed by atoms with Crippen LogP contribution in [0.15, 0.2) is 70.7 Å². The fourth-order valence-corrected chi connectivity index (χ4v) is 6.13. The zero-order valence-corrected chi connectivity index (χ0v) is 21.5. The van der Waals surface area contributed by atoms with Crippen molar-refractivity contribution in [3.63, 3.8) is 0 Å². The van der Waals surface area contributed by atoms with Gasteiger partial charge in [0.1, 0.15) is 5.72 Å². The average molecular weight is 502 g/mol. The molecule has 2 aromatic carbocycles. The lowest BCUT2D eigenvalue weighted by molar-refractivity contribution is -0.0686. The zero-order chi connectivity index (χ0) is 25.6. The van der Waals surface area contributed by atoms with Crippen LogP contribution in [0.5, 0.6) is 5.75 Å². The number of nitrogens with zero attached hydrogens (tertiary/aromatic N) is 3. The third kappa shape index (κ3) is 4.40. The maximum Gasteiger partial charge on any atom is 0.248 e. The van der Waals surface area contributed by atoms with Crippen LogP contribution < -0.4 is 4.74 Å². The van der Waals surface area contributed by atoms with Crippen LogP contribution >= 0.6 is 0 Å². The van der Waals surface area contributed by atoms with Crippen LogP contribution in [0, 0.1) is 11.7 Å². The number of hydrogen-bond donors (Lipinski definition) is 0. The van der Waals surface area contributed by atoms with E-state index in [1.807, 2.05) is 0 Å². The molecule has 2 aliphatic carbocycles. The summed E-state index contributed by atoms with van der Waals surface area (Å²) in [4.78, 5) is 2.56. The molecule has 2 atom stereocenters. The van der Waals surface area contributed by atoms with Gasteiger partial charge in [0.15, 0.2) is 11.6 Å². The summed E-state index contributed by atoms with van der Waals surface area (Å²) in [6.45, 7) is 5.95. The van der Waals surface area contributed by atoms with Crippen LogP contribution in [0.1, 0.15) is 51.0 Å². The van der Waals surface area contributed by atoms with E-state index in [-0.39, 0.29) is 22.9 Å². The van der Waals surface area contributed by atoms with Crippen molar-refractivity contribution in [2.45, 2.75) is 57.3 Å². The van der Waals surface area contributed by atoms with Gasteiger partial charge >= 0.3 is 0 Å². The van der Waals surface area contributed by atoms with E-state index in [9.17, 15) is 4.39 Å². The predicted octanol–water partition coefficient (Wildman–Crippen LogP) is 6.41. The second kappa shape index (κ2) is 9.23. The molecule has 192 valence electrons. The van der Waals surface area contributed by atoms with Gasteiger partial charge in [0.2, 0.25) is 11.8 Å². The molecule has 1 saturated carbocycles. The Bertz CT molecular complexity index is 1360.